The quantitative estimate of drug-likeness (QED) is 0.856. The Hall–Kier alpha value is -1.80. The van der Waals surface area contributed by atoms with Gasteiger partial charge in [-0.05, 0) is 48.7 Å². The Balaban J connectivity index is 2.24. The van der Waals surface area contributed by atoms with Gasteiger partial charge in [0.2, 0.25) is 0 Å². The van der Waals surface area contributed by atoms with Crippen molar-refractivity contribution in [2.75, 3.05) is 0 Å². The lowest BCUT2D eigenvalue weighted by atomic mass is 9.99. The van der Waals surface area contributed by atoms with Gasteiger partial charge in [-0.2, -0.15) is 0 Å². The van der Waals surface area contributed by atoms with Gasteiger partial charge in [0.15, 0.2) is 5.78 Å². The maximum Gasteiger partial charge on any atom is 0.167 e. The summed E-state index contributed by atoms with van der Waals surface area (Å²) in [7, 11) is 0. The third-order valence-corrected chi connectivity index (χ3v) is 3.45. The van der Waals surface area contributed by atoms with E-state index in [1.54, 1.807) is 30.3 Å². The van der Waals surface area contributed by atoms with Gasteiger partial charge in [-0.15, -0.1) is 0 Å². The van der Waals surface area contributed by atoms with Gasteiger partial charge in [0.25, 0.3) is 0 Å². The van der Waals surface area contributed by atoms with Crippen LogP contribution in [0.3, 0.4) is 0 Å². The number of ketones is 1. The molecule has 98 valence electrons. The van der Waals surface area contributed by atoms with E-state index in [9.17, 15) is 9.90 Å². The number of aryl methyl sites for hydroxylation is 1. The fourth-order valence-electron chi connectivity index (χ4n) is 1.97. The minimum absolute atomic E-state index is 0.00912. The van der Waals surface area contributed by atoms with Crippen molar-refractivity contribution in [1.82, 2.24) is 0 Å². The normalized spacial score (nSPS) is 10.5. The van der Waals surface area contributed by atoms with E-state index >= 15 is 0 Å². The zero-order valence-electron chi connectivity index (χ0n) is 10.9. The van der Waals surface area contributed by atoms with E-state index in [0.29, 0.717) is 10.6 Å². The van der Waals surface area contributed by atoms with Crippen LogP contribution in [0.5, 0.6) is 5.75 Å². The largest absolute Gasteiger partial charge is 0.508 e. The number of phenols is 1. The van der Waals surface area contributed by atoms with E-state index in [1.807, 2.05) is 19.9 Å². The van der Waals surface area contributed by atoms with Crippen LogP contribution in [-0.2, 0) is 6.42 Å². The molecule has 19 heavy (non-hydrogen) atoms. The van der Waals surface area contributed by atoms with E-state index < -0.39 is 0 Å². The lowest BCUT2D eigenvalue weighted by molar-refractivity contribution is 0.0993. The Kier molecular flexibility index (Phi) is 3.91. The first-order chi connectivity index (χ1) is 8.97. The molecular weight excluding hydrogens is 260 g/mol. The highest BCUT2D eigenvalue weighted by Crippen LogP contribution is 2.23. The second-order valence-electron chi connectivity index (χ2n) is 4.67. The average Bonchev–Trinajstić information content (AvgIpc) is 2.36. The van der Waals surface area contributed by atoms with Crippen molar-refractivity contribution in [3.63, 3.8) is 0 Å². The summed E-state index contributed by atoms with van der Waals surface area (Å²) in [5, 5.41) is 10.3. The van der Waals surface area contributed by atoms with Gasteiger partial charge < -0.3 is 5.11 Å². The number of aromatic hydroxyl groups is 1. The number of hydrogen-bond donors (Lipinski definition) is 1. The Morgan fingerprint density at radius 2 is 1.95 bits per heavy atom. The van der Waals surface area contributed by atoms with E-state index in [2.05, 4.69) is 0 Å². The van der Waals surface area contributed by atoms with Gasteiger partial charge >= 0.3 is 0 Å². The van der Waals surface area contributed by atoms with Crippen molar-refractivity contribution < 1.29 is 9.90 Å². The average molecular weight is 275 g/mol. The van der Waals surface area contributed by atoms with Crippen LogP contribution in [0.2, 0.25) is 5.02 Å². The molecule has 2 aromatic rings. The van der Waals surface area contributed by atoms with Crippen molar-refractivity contribution >= 4 is 17.4 Å². The first-order valence-corrected chi connectivity index (χ1v) is 6.43. The number of Topliss-reactive ketones (excluding diaryl/α,β-unsaturated/α-hetero) is 1. The number of carbonyl (C=O) groups is 1. The number of carbonyl (C=O) groups excluding carboxylic acids is 1. The number of hydrogen-bond acceptors (Lipinski definition) is 2. The molecule has 1 N–H and O–H groups in total. The lowest BCUT2D eigenvalue weighted by Gasteiger charge is -2.08. The molecule has 0 unspecified atom stereocenters. The fourth-order valence-corrected chi connectivity index (χ4v) is 2.16. The fraction of sp³-hybridized carbons (Fsp3) is 0.188. The number of phenolic OH excluding ortho intramolecular Hbond substituents is 1. The molecular formula is C16H15ClO2. The van der Waals surface area contributed by atoms with Crippen LogP contribution in [0.1, 0.15) is 27.0 Å². The highest BCUT2D eigenvalue weighted by Gasteiger charge is 2.10. The zero-order chi connectivity index (χ0) is 14.0. The molecule has 0 bridgehead atoms. The second kappa shape index (κ2) is 5.45. The highest BCUT2D eigenvalue weighted by atomic mass is 35.5. The number of benzene rings is 2. The van der Waals surface area contributed by atoms with Gasteiger partial charge in [0, 0.05) is 17.0 Å². The summed E-state index contributed by atoms with van der Waals surface area (Å²) in [6.07, 6.45) is 0.259. The molecule has 0 spiro atoms. The second-order valence-corrected chi connectivity index (χ2v) is 5.10. The maximum atomic E-state index is 12.1. The molecule has 0 saturated carbocycles. The molecule has 0 aliphatic rings. The molecule has 2 aromatic carbocycles. The molecule has 0 saturated heterocycles. The van der Waals surface area contributed by atoms with Crippen LogP contribution in [-0.4, -0.2) is 10.9 Å². The van der Waals surface area contributed by atoms with Crippen molar-refractivity contribution in [2.24, 2.45) is 0 Å². The standard InChI is InChI=1S/C16H15ClO2/c1-10-6-12(7-15(18)11(10)2)8-16(19)13-4-3-5-14(17)9-13/h3-7,9,18H,8H2,1-2H3. The molecule has 0 aliphatic carbocycles. The summed E-state index contributed by atoms with van der Waals surface area (Å²) in [6, 6.07) is 10.5. The smallest absolute Gasteiger partial charge is 0.167 e. The van der Waals surface area contributed by atoms with E-state index in [1.165, 1.54) is 0 Å². The van der Waals surface area contributed by atoms with Crippen LogP contribution in [0, 0.1) is 13.8 Å². The van der Waals surface area contributed by atoms with E-state index in [4.69, 9.17) is 11.6 Å². The maximum absolute atomic E-state index is 12.1. The highest BCUT2D eigenvalue weighted by molar-refractivity contribution is 6.31. The Morgan fingerprint density at radius 1 is 1.21 bits per heavy atom. The van der Waals surface area contributed by atoms with Crippen molar-refractivity contribution in [1.29, 1.82) is 0 Å². The van der Waals surface area contributed by atoms with Gasteiger partial charge in [-0.1, -0.05) is 29.8 Å². The summed E-state index contributed by atoms with van der Waals surface area (Å²) in [4.78, 5) is 12.1. The predicted octanol–water partition coefficient (Wildman–Crippen LogP) is 4.09. The molecule has 0 fully saturated rings. The first-order valence-electron chi connectivity index (χ1n) is 6.05. The summed E-state index contributed by atoms with van der Waals surface area (Å²) >= 11 is 5.87. The lowest BCUT2D eigenvalue weighted by Crippen LogP contribution is -2.04. The molecule has 0 amide bonds. The summed E-state index contributed by atoms with van der Waals surface area (Å²) < 4.78 is 0. The molecule has 0 aromatic heterocycles. The molecule has 0 heterocycles. The predicted molar refractivity (Wildman–Crippen MR) is 77.1 cm³/mol. The first kappa shape index (κ1) is 13.6. The van der Waals surface area contributed by atoms with E-state index in [-0.39, 0.29) is 18.0 Å². The van der Waals surface area contributed by atoms with E-state index in [0.717, 1.165) is 16.7 Å². The number of rotatable bonds is 3. The number of halogens is 1. The van der Waals surface area contributed by atoms with Gasteiger partial charge in [0.05, 0.1) is 0 Å². The zero-order valence-corrected chi connectivity index (χ0v) is 11.7. The molecule has 3 heteroatoms. The van der Waals surface area contributed by atoms with Gasteiger partial charge in [-0.25, -0.2) is 0 Å². The van der Waals surface area contributed by atoms with Crippen molar-refractivity contribution in [2.45, 2.75) is 20.3 Å². The summed E-state index contributed by atoms with van der Waals surface area (Å²) in [5.74, 6) is 0.221. The van der Waals surface area contributed by atoms with Crippen LogP contribution in [0.25, 0.3) is 0 Å². The SMILES string of the molecule is Cc1cc(CC(=O)c2cccc(Cl)c2)cc(O)c1C. The molecule has 2 rings (SSSR count). The molecule has 0 aliphatic heterocycles. The molecule has 2 nitrogen and oxygen atoms in total. The van der Waals surface area contributed by atoms with Gasteiger partial charge in [0.1, 0.15) is 5.75 Å². The van der Waals surface area contributed by atoms with Crippen molar-refractivity contribution in [3.05, 3.63) is 63.7 Å². The van der Waals surface area contributed by atoms with Crippen LogP contribution in [0.4, 0.5) is 0 Å². The summed E-state index contributed by atoms with van der Waals surface area (Å²) in [6.45, 7) is 3.77. The molecule has 0 atom stereocenters. The van der Waals surface area contributed by atoms with Crippen LogP contribution < -0.4 is 0 Å². The minimum Gasteiger partial charge on any atom is -0.508 e. The Morgan fingerprint density at radius 3 is 2.58 bits per heavy atom. The van der Waals surface area contributed by atoms with Gasteiger partial charge in [-0.3, -0.25) is 4.79 Å². The van der Waals surface area contributed by atoms with Crippen LogP contribution >= 0.6 is 11.6 Å². The Labute approximate surface area is 117 Å². The van der Waals surface area contributed by atoms with Crippen LogP contribution in [0.15, 0.2) is 36.4 Å². The topological polar surface area (TPSA) is 37.3 Å². The molecule has 0 radical (unpaired) electrons. The third-order valence-electron chi connectivity index (χ3n) is 3.21. The van der Waals surface area contributed by atoms with Crippen molar-refractivity contribution in [3.8, 4) is 5.75 Å². The minimum atomic E-state index is -0.00912. The third kappa shape index (κ3) is 3.15. The monoisotopic (exact) mass is 274 g/mol. The Bertz CT molecular complexity index is 609. The summed E-state index contributed by atoms with van der Waals surface area (Å²) in [5.41, 5.74) is 3.23.